The molecule has 2 fully saturated rings. The predicted octanol–water partition coefficient (Wildman–Crippen LogP) is 4.37. The van der Waals surface area contributed by atoms with Crippen LogP contribution in [0.4, 0.5) is 0 Å². The number of ether oxygens (including phenoxy) is 1. The van der Waals surface area contributed by atoms with E-state index in [0.29, 0.717) is 5.92 Å². The van der Waals surface area contributed by atoms with Crippen LogP contribution in [0.15, 0.2) is 12.1 Å². The van der Waals surface area contributed by atoms with Gasteiger partial charge in [0.1, 0.15) is 5.75 Å². The van der Waals surface area contributed by atoms with Crippen molar-refractivity contribution >= 4 is 11.6 Å². The second-order valence-corrected chi connectivity index (χ2v) is 7.17. The van der Waals surface area contributed by atoms with E-state index in [0.717, 1.165) is 42.8 Å². The summed E-state index contributed by atoms with van der Waals surface area (Å²) in [6.45, 7) is 5.23. The number of piperidine rings is 1. The molecule has 0 radical (unpaired) electrons. The summed E-state index contributed by atoms with van der Waals surface area (Å²) in [5.41, 5.74) is 2.53. The maximum atomic E-state index is 6.46. The average Bonchev–Trinajstić information content (AvgIpc) is 2.41. The largest absolute Gasteiger partial charge is 0.491 e. The lowest BCUT2D eigenvalue weighted by atomic mass is 9.86. The smallest absolute Gasteiger partial charge is 0.141 e. The molecule has 0 amide bonds. The fourth-order valence-electron chi connectivity index (χ4n) is 3.38. The van der Waals surface area contributed by atoms with E-state index in [4.69, 9.17) is 16.3 Å². The molecule has 3 heteroatoms. The van der Waals surface area contributed by atoms with Gasteiger partial charge >= 0.3 is 0 Å². The third-order valence-electron chi connectivity index (χ3n) is 4.86. The van der Waals surface area contributed by atoms with Crippen LogP contribution in [0.1, 0.15) is 43.2 Å². The van der Waals surface area contributed by atoms with Gasteiger partial charge in [0.05, 0.1) is 11.6 Å². The molecule has 2 nitrogen and oxygen atoms in total. The molecule has 1 heterocycles. The summed E-state index contributed by atoms with van der Waals surface area (Å²) in [7, 11) is 0. The predicted molar refractivity (Wildman–Crippen MR) is 88.3 cm³/mol. The van der Waals surface area contributed by atoms with Crippen LogP contribution in [0.3, 0.4) is 0 Å². The Morgan fingerprint density at radius 2 is 2.00 bits per heavy atom. The van der Waals surface area contributed by atoms with Crippen LogP contribution in [0.5, 0.6) is 5.75 Å². The first-order valence-corrected chi connectivity index (χ1v) is 8.72. The van der Waals surface area contributed by atoms with Gasteiger partial charge in [0.2, 0.25) is 0 Å². The first kappa shape index (κ1) is 15.2. The standard InChI is InChI=1S/C18H26ClNO/c1-13-8-16(10-15-6-3-7-20-11-15)18(17(19)9-13)21-12-14-4-2-5-14/h8-9,14-15,20H,2-7,10-12H2,1H3. The molecule has 0 bridgehead atoms. The van der Waals surface area contributed by atoms with Crippen LogP contribution in [0.2, 0.25) is 5.02 Å². The van der Waals surface area contributed by atoms with Crippen LogP contribution >= 0.6 is 11.6 Å². The van der Waals surface area contributed by atoms with Crippen molar-refractivity contribution in [3.05, 3.63) is 28.3 Å². The molecule has 3 rings (SSSR count). The molecule has 2 aliphatic rings. The fourth-order valence-corrected chi connectivity index (χ4v) is 3.73. The van der Waals surface area contributed by atoms with Crippen molar-refractivity contribution in [3.63, 3.8) is 0 Å². The molecule has 1 aliphatic carbocycles. The highest BCUT2D eigenvalue weighted by Crippen LogP contribution is 2.35. The number of hydrogen-bond acceptors (Lipinski definition) is 2. The van der Waals surface area contributed by atoms with Gasteiger partial charge in [0, 0.05) is 0 Å². The summed E-state index contributed by atoms with van der Waals surface area (Å²) in [5, 5.41) is 4.28. The van der Waals surface area contributed by atoms with Crippen molar-refractivity contribution in [2.24, 2.45) is 11.8 Å². The number of benzene rings is 1. The van der Waals surface area contributed by atoms with E-state index >= 15 is 0 Å². The van der Waals surface area contributed by atoms with Gasteiger partial charge in [0.25, 0.3) is 0 Å². The quantitative estimate of drug-likeness (QED) is 0.872. The minimum Gasteiger partial charge on any atom is -0.491 e. The first-order chi connectivity index (χ1) is 10.2. The van der Waals surface area contributed by atoms with Gasteiger partial charge in [-0.25, -0.2) is 0 Å². The van der Waals surface area contributed by atoms with Gasteiger partial charge in [-0.05, 0) is 81.1 Å². The highest BCUT2D eigenvalue weighted by atomic mass is 35.5. The lowest BCUT2D eigenvalue weighted by molar-refractivity contribution is 0.179. The van der Waals surface area contributed by atoms with Gasteiger partial charge in [-0.3, -0.25) is 0 Å². The number of nitrogens with one attached hydrogen (secondary N) is 1. The molecular weight excluding hydrogens is 282 g/mol. The zero-order valence-electron chi connectivity index (χ0n) is 13.0. The van der Waals surface area contributed by atoms with Crippen LogP contribution in [0, 0.1) is 18.8 Å². The normalized spacial score (nSPS) is 22.9. The molecule has 116 valence electrons. The molecule has 1 unspecified atom stereocenters. The second kappa shape index (κ2) is 7.02. The van der Waals surface area contributed by atoms with E-state index in [-0.39, 0.29) is 0 Å². The molecule has 1 N–H and O–H groups in total. The summed E-state index contributed by atoms with van der Waals surface area (Å²) in [4.78, 5) is 0. The van der Waals surface area contributed by atoms with Gasteiger partial charge in [-0.2, -0.15) is 0 Å². The number of halogens is 1. The zero-order valence-corrected chi connectivity index (χ0v) is 13.7. The molecule has 1 aromatic rings. The van der Waals surface area contributed by atoms with E-state index in [9.17, 15) is 0 Å². The number of rotatable bonds is 5. The minimum atomic E-state index is 0.711. The van der Waals surface area contributed by atoms with Crippen molar-refractivity contribution in [1.82, 2.24) is 5.32 Å². The Kier molecular flexibility index (Phi) is 5.07. The van der Waals surface area contributed by atoms with Crippen LogP contribution < -0.4 is 10.1 Å². The van der Waals surface area contributed by atoms with E-state index in [1.165, 1.54) is 43.2 Å². The number of hydrogen-bond donors (Lipinski definition) is 1. The van der Waals surface area contributed by atoms with Gasteiger partial charge in [-0.15, -0.1) is 0 Å². The summed E-state index contributed by atoms with van der Waals surface area (Å²) in [6, 6.07) is 4.29. The lowest BCUT2D eigenvalue weighted by Gasteiger charge is -2.27. The molecule has 21 heavy (non-hydrogen) atoms. The molecule has 1 saturated heterocycles. The summed E-state index contributed by atoms with van der Waals surface area (Å²) in [6.07, 6.45) is 7.64. The van der Waals surface area contributed by atoms with Crippen molar-refractivity contribution in [2.75, 3.05) is 19.7 Å². The van der Waals surface area contributed by atoms with Gasteiger partial charge in [0.15, 0.2) is 0 Å². The van der Waals surface area contributed by atoms with Crippen molar-refractivity contribution in [1.29, 1.82) is 0 Å². The monoisotopic (exact) mass is 307 g/mol. The van der Waals surface area contributed by atoms with E-state index in [1.807, 2.05) is 6.07 Å². The van der Waals surface area contributed by atoms with Crippen molar-refractivity contribution in [2.45, 2.75) is 45.4 Å². The lowest BCUT2D eigenvalue weighted by Crippen LogP contribution is -2.31. The van der Waals surface area contributed by atoms with E-state index in [2.05, 4.69) is 18.3 Å². The Labute approximate surface area is 133 Å². The van der Waals surface area contributed by atoms with Crippen molar-refractivity contribution in [3.8, 4) is 5.75 Å². The summed E-state index contributed by atoms with van der Waals surface area (Å²) < 4.78 is 6.12. The fraction of sp³-hybridized carbons (Fsp3) is 0.667. The summed E-state index contributed by atoms with van der Waals surface area (Å²) in [5.74, 6) is 2.40. The maximum Gasteiger partial charge on any atom is 0.141 e. The van der Waals surface area contributed by atoms with Crippen LogP contribution in [-0.4, -0.2) is 19.7 Å². The molecule has 0 aromatic heterocycles. The third kappa shape index (κ3) is 3.92. The Balaban J connectivity index is 1.72. The Hall–Kier alpha value is -0.730. The topological polar surface area (TPSA) is 21.3 Å². The van der Waals surface area contributed by atoms with Gasteiger partial charge in [-0.1, -0.05) is 24.1 Å². The van der Waals surface area contributed by atoms with Gasteiger partial charge < -0.3 is 10.1 Å². The SMILES string of the molecule is Cc1cc(Cl)c(OCC2CCC2)c(CC2CCCNC2)c1. The molecule has 1 aromatic carbocycles. The van der Waals surface area contributed by atoms with Crippen LogP contribution in [-0.2, 0) is 6.42 Å². The molecule has 0 spiro atoms. The third-order valence-corrected chi connectivity index (χ3v) is 5.14. The van der Waals surface area contributed by atoms with Crippen LogP contribution in [0.25, 0.3) is 0 Å². The minimum absolute atomic E-state index is 0.711. The molecule has 1 saturated carbocycles. The van der Waals surface area contributed by atoms with Crippen molar-refractivity contribution < 1.29 is 4.74 Å². The summed E-state index contributed by atoms with van der Waals surface area (Å²) >= 11 is 6.46. The molecule has 1 atom stereocenters. The molecule has 1 aliphatic heterocycles. The Bertz CT molecular complexity index is 478. The average molecular weight is 308 g/mol. The molecular formula is C18H26ClNO. The first-order valence-electron chi connectivity index (χ1n) is 8.35. The highest BCUT2D eigenvalue weighted by molar-refractivity contribution is 6.32. The highest BCUT2D eigenvalue weighted by Gasteiger charge is 2.21. The Morgan fingerprint density at radius 1 is 1.19 bits per heavy atom. The maximum absolute atomic E-state index is 6.46. The second-order valence-electron chi connectivity index (χ2n) is 6.76. The van der Waals surface area contributed by atoms with E-state index in [1.54, 1.807) is 0 Å². The number of aryl methyl sites for hydroxylation is 1. The Morgan fingerprint density at radius 3 is 2.67 bits per heavy atom. The zero-order chi connectivity index (χ0) is 14.7. The van der Waals surface area contributed by atoms with E-state index < -0.39 is 0 Å².